The third-order valence-electron chi connectivity index (χ3n) is 18.0. The van der Waals surface area contributed by atoms with Crippen molar-refractivity contribution in [1.82, 2.24) is 9.13 Å². The number of aromatic nitrogens is 2. The molecular formula is C77H50N2. The molecule has 0 N–H and O–H groups in total. The van der Waals surface area contributed by atoms with Gasteiger partial charge in [0.1, 0.15) is 0 Å². The Morgan fingerprint density at radius 2 is 0.620 bits per heavy atom. The molecular weight excluding hydrogens is 953 g/mol. The summed E-state index contributed by atoms with van der Waals surface area (Å²) in [7, 11) is 0. The van der Waals surface area contributed by atoms with Gasteiger partial charge < -0.3 is 9.13 Å². The van der Waals surface area contributed by atoms with Gasteiger partial charge in [-0.1, -0.05) is 218 Å². The first-order valence-corrected chi connectivity index (χ1v) is 27.8. The second-order valence-corrected chi connectivity index (χ2v) is 21.9. The molecule has 15 aromatic rings. The van der Waals surface area contributed by atoms with E-state index in [1.807, 2.05) is 0 Å². The van der Waals surface area contributed by atoms with Crippen molar-refractivity contribution >= 4 is 65.2 Å². The number of nitrogens with zero attached hydrogens (tertiary/aromatic N) is 2. The molecule has 1 spiro atoms. The predicted octanol–water partition coefficient (Wildman–Crippen LogP) is 20.1. The number of fused-ring (bicyclic) bond motifs is 15. The zero-order valence-electron chi connectivity index (χ0n) is 43.4. The predicted molar refractivity (Wildman–Crippen MR) is 332 cm³/mol. The highest BCUT2D eigenvalue weighted by atomic mass is 15.0. The van der Waals surface area contributed by atoms with Gasteiger partial charge in [-0.05, 0) is 162 Å². The number of aryl methyl sites for hydroxylation is 1. The molecule has 0 bridgehead atoms. The molecule has 0 aliphatic heterocycles. The standard InChI is InChI=1S/C77H50N2/c1-4-18-60-53(13-1)16-11-25-71(60)78-73-23-9-6-20-64(73)66-45-56(37-41-75(66)78)49-27-31-51(32-28-49)58-35-39-62-63-40-36-59(48-70(63)77(69(62)47-58)44-43-55-15-3-8-22-68(55)77)52-33-29-50(30-34-52)57-38-42-76-67(46-57)65-21-7-10-24-74(65)79(76)72-26-12-17-54-14-2-5-19-61(54)72/h1-42,45-48H,43-44H2. The Kier molecular flexibility index (Phi) is 9.49. The van der Waals surface area contributed by atoms with Crippen molar-refractivity contribution in [1.29, 1.82) is 0 Å². The summed E-state index contributed by atoms with van der Waals surface area (Å²) in [6, 6.07) is 105. The largest absolute Gasteiger partial charge is 0.309 e. The second-order valence-electron chi connectivity index (χ2n) is 21.9. The maximum Gasteiger partial charge on any atom is 0.0541 e. The fourth-order valence-corrected chi connectivity index (χ4v) is 14.3. The van der Waals surface area contributed by atoms with Crippen LogP contribution in [0, 0.1) is 0 Å². The summed E-state index contributed by atoms with van der Waals surface area (Å²) in [5, 5.41) is 10.0. The molecule has 17 rings (SSSR count). The molecule has 2 heterocycles. The minimum atomic E-state index is -0.228. The van der Waals surface area contributed by atoms with Gasteiger partial charge in [-0.25, -0.2) is 0 Å². The summed E-state index contributed by atoms with van der Waals surface area (Å²) in [5.41, 5.74) is 25.3. The van der Waals surface area contributed by atoms with Crippen molar-refractivity contribution in [2.45, 2.75) is 18.3 Å². The molecule has 0 saturated heterocycles. The SMILES string of the molecule is c1ccc2c(c1)CCC21c2cc(-c3ccc(-c4ccc5c(c4)c4ccccc4n5-c4cccc5ccccc45)cc3)ccc2-c2ccc(-c3ccc(-c4ccc5c(c4)c4ccccc4n5-c4cccc5ccccc45)cc3)cc21. The molecule has 2 aromatic heterocycles. The van der Waals surface area contributed by atoms with E-state index in [0.29, 0.717) is 0 Å². The number of hydrogen-bond donors (Lipinski definition) is 0. The summed E-state index contributed by atoms with van der Waals surface area (Å²) in [6.45, 7) is 0. The van der Waals surface area contributed by atoms with Crippen LogP contribution < -0.4 is 0 Å². The van der Waals surface area contributed by atoms with Crippen LogP contribution in [-0.2, 0) is 11.8 Å². The summed E-state index contributed by atoms with van der Waals surface area (Å²) in [6.07, 6.45) is 2.11. The zero-order chi connectivity index (χ0) is 51.8. The van der Waals surface area contributed by atoms with Crippen LogP contribution in [0.1, 0.15) is 28.7 Å². The van der Waals surface area contributed by atoms with Crippen molar-refractivity contribution in [2.24, 2.45) is 0 Å². The highest BCUT2D eigenvalue weighted by Gasteiger charge is 2.48. The van der Waals surface area contributed by atoms with Gasteiger partial charge in [-0.3, -0.25) is 0 Å². The topological polar surface area (TPSA) is 9.86 Å². The highest BCUT2D eigenvalue weighted by molar-refractivity contribution is 6.13. The summed E-state index contributed by atoms with van der Waals surface area (Å²) in [5.74, 6) is 0. The highest BCUT2D eigenvalue weighted by Crippen LogP contribution is 2.59. The number of rotatable bonds is 6. The molecule has 368 valence electrons. The van der Waals surface area contributed by atoms with E-state index in [-0.39, 0.29) is 5.41 Å². The first-order valence-electron chi connectivity index (χ1n) is 27.8. The normalized spacial score (nSPS) is 13.3. The lowest BCUT2D eigenvalue weighted by atomic mass is 9.72. The Labute approximate surface area is 458 Å². The van der Waals surface area contributed by atoms with Crippen molar-refractivity contribution in [2.75, 3.05) is 0 Å². The molecule has 2 aliphatic rings. The number of hydrogen-bond acceptors (Lipinski definition) is 0. The van der Waals surface area contributed by atoms with Crippen LogP contribution in [0.25, 0.3) is 132 Å². The van der Waals surface area contributed by atoms with E-state index >= 15 is 0 Å². The molecule has 0 unspecified atom stereocenters. The Hall–Kier alpha value is -10.0. The van der Waals surface area contributed by atoms with Crippen molar-refractivity contribution in [3.8, 4) is 67.0 Å². The molecule has 0 fully saturated rings. The van der Waals surface area contributed by atoms with E-state index in [4.69, 9.17) is 0 Å². The van der Waals surface area contributed by atoms with E-state index in [1.54, 1.807) is 0 Å². The van der Waals surface area contributed by atoms with Crippen LogP contribution >= 0.6 is 0 Å². The fourth-order valence-electron chi connectivity index (χ4n) is 14.3. The van der Waals surface area contributed by atoms with Gasteiger partial charge >= 0.3 is 0 Å². The fraction of sp³-hybridized carbons (Fsp3) is 0.0390. The average molecular weight is 1000 g/mol. The first kappa shape index (κ1) is 44.1. The Balaban J connectivity index is 0.706. The molecule has 0 atom stereocenters. The minimum absolute atomic E-state index is 0.228. The van der Waals surface area contributed by atoms with Gasteiger partial charge in [-0.15, -0.1) is 0 Å². The maximum absolute atomic E-state index is 2.52. The molecule has 0 saturated carbocycles. The average Bonchev–Trinajstić information content (AvgIpc) is 3.91. The van der Waals surface area contributed by atoms with Gasteiger partial charge in [0.2, 0.25) is 0 Å². The first-order chi connectivity index (χ1) is 39.1. The molecule has 79 heavy (non-hydrogen) atoms. The lowest BCUT2D eigenvalue weighted by Gasteiger charge is -2.29. The van der Waals surface area contributed by atoms with Gasteiger partial charge in [0.05, 0.1) is 33.4 Å². The Morgan fingerprint density at radius 3 is 1.11 bits per heavy atom. The van der Waals surface area contributed by atoms with E-state index in [2.05, 4.69) is 288 Å². The summed E-state index contributed by atoms with van der Waals surface area (Å²) in [4.78, 5) is 0. The molecule has 13 aromatic carbocycles. The monoisotopic (exact) mass is 1000 g/mol. The second kappa shape index (κ2) is 17.0. The Morgan fingerprint density at radius 1 is 0.253 bits per heavy atom. The molecule has 0 amide bonds. The van der Waals surface area contributed by atoms with Crippen LogP contribution in [0.4, 0.5) is 0 Å². The van der Waals surface area contributed by atoms with Crippen LogP contribution in [-0.4, -0.2) is 9.13 Å². The van der Waals surface area contributed by atoms with E-state index in [1.165, 1.54) is 154 Å². The molecule has 0 radical (unpaired) electrons. The van der Waals surface area contributed by atoms with Crippen LogP contribution in [0.3, 0.4) is 0 Å². The van der Waals surface area contributed by atoms with Gasteiger partial charge in [0.15, 0.2) is 0 Å². The molecule has 2 aliphatic carbocycles. The summed E-state index contributed by atoms with van der Waals surface area (Å²) >= 11 is 0. The lowest BCUT2D eigenvalue weighted by Crippen LogP contribution is -2.23. The van der Waals surface area contributed by atoms with Crippen molar-refractivity contribution < 1.29 is 0 Å². The van der Waals surface area contributed by atoms with Crippen LogP contribution in [0.2, 0.25) is 0 Å². The van der Waals surface area contributed by atoms with E-state index in [9.17, 15) is 0 Å². The van der Waals surface area contributed by atoms with Crippen LogP contribution in [0.15, 0.2) is 279 Å². The van der Waals surface area contributed by atoms with Crippen LogP contribution in [0.5, 0.6) is 0 Å². The van der Waals surface area contributed by atoms with Crippen molar-refractivity contribution in [3.05, 3.63) is 301 Å². The minimum Gasteiger partial charge on any atom is -0.309 e. The number of benzene rings is 13. The Bertz CT molecular complexity index is 4710. The quantitative estimate of drug-likeness (QED) is 0.157. The zero-order valence-corrected chi connectivity index (χ0v) is 43.4. The molecule has 2 heteroatoms. The number of para-hydroxylation sites is 2. The maximum atomic E-state index is 2.52. The van der Waals surface area contributed by atoms with Gasteiger partial charge in [0, 0.05) is 37.7 Å². The van der Waals surface area contributed by atoms with E-state index < -0.39 is 0 Å². The van der Waals surface area contributed by atoms with Gasteiger partial charge in [-0.2, -0.15) is 0 Å². The third kappa shape index (κ3) is 6.52. The van der Waals surface area contributed by atoms with Crippen molar-refractivity contribution in [3.63, 3.8) is 0 Å². The third-order valence-corrected chi connectivity index (χ3v) is 18.0. The van der Waals surface area contributed by atoms with Gasteiger partial charge in [0.25, 0.3) is 0 Å². The summed E-state index contributed by atoms with van der Waals surface area (Å²) < 4.78 is 4.88. The lowest BCUT2D eigenvalue weighted by molar-refractivity contribution is 0.626. The van der Waals surface area contributed by atoms with E-state index in [0.717, 1.165) is 12.8 Å². The molecule has 2 nitrogen and oxygen atoms in total. The smallest absolute Gasteiger partial charge is 0.0541 e.